The Kier molecular flexibility index (Phi) is 6.60. The molecule has 2 aromatic rings. The van der Waals surface area contributed by atoms with Gasteiger partial charge in [0.05, 0.1) is 11.5 Å². The number of likely N-dealkylation sites (N-methyl/N-ethyl adjacent to an activating group) is 1. The summed E-state index contributed by atoms with van der Waals surface area (Å²) in [5.74, 6) is 0.847. The number of hydrogen-bond acceptors (Lipinski definition) is 6. The zero-order chi connectivity index (χ0) is 18.4. The SMILES string of the molecule is CN1CCN(CCCCOc2ccc(-c3ccc([N+](=O)[O-])s3)cc2)CC1. The Morgan fingerprint density at radius 2 is 1.81 bits per heavy atom. The molecule has 0 spiro atoms. The molecule has 1 fully saturated rings. The summed E-state index contributed by atoms with van der Waals surface area (Å²) in [6.45, 7) is 6.52. The molecule has 0 amide bonds. The predicted octanol–water partition coefficient (Wildman–Crippen LogP) is 3.73. The summed E-state index contributed by atoms with van der Waals surface area (Å²) in [5, 5.41) is 10.9. The highest BCUT2D eigenvalue weighted by atomic mass is 32.1. The highest BCUT2D eigenvalue weighted by molar-refractivity contribution is 7.18. The molecule has 1 saturated heterocycles. The molecular formula is C19H25N3O3S. The van der Waals surface area contributed by atoms with Crippen molar-refractivity contribution in [3.8, 4) is 16.2 Å². The van der Waals surface area contributed by atoms with E-state index in [9.17, 15) is 10.1 Å². The standard InChI is InChI=1S/C19H25N3O3S/c1-20-11-13-21(14-12-20)10-2-3-15-25-17-6-4-16(5-7-17)18-8-9-19(26-18)22(23)24/h4-9H,2-3,10-15H2,1H3. The van der Waals surface area contributed by atoms with E-state index in [1.807, 2.05) is 24.3 Å². The van der Waals surface area contributed by atoms with Crippen LogP contribution in [0.5, 0.6) is 5.75 Å². The Hall–Kier alpha value is -1.96. The van der Waals surface area contributed by atoms with E-state index in [1.54, 1.807) is 12.1 Å². The summed E-state index contributed by atoms with van der Waals surface area (Å²) < 4.78 is 5.82. The van der Waals surface area contributed by atoms with Gasteiger partial charge in [0.15, 0.2) is 0 Å². The van der Waals surface area contributed by atoms with E-state index in [4.69, 9.17) is 4.74 Å². The van der Waals surface area contributed by atoms with E-state index in [0.29, 0.717) is 0 Å². The molecule has 3 rings (SSSR count). The quantitative estimate of drug-likeness (QED) is 0.400. The molecule has 0 saturated carbocycles. The van der Waals surface area contributed by atoms with E-state index < -0.39 is 0 Å². The first kappa shape index (κ1) is 18.8. The molecule has 26 heavy (non-hydrogen) atoms. The first-order chi connectivity index (χ1) is 12.6. The number of piperazine rings is 1. The fourth-order valence-corrected chi connectivity index (χ4v) is 3.82. The van der Waals surface area contributed by atoms with Gasteiger partial charge in [-0.1, -0.05) is 11.3 Å². The fraction of sp³-hybridized carbons (Fsp3) is 0.474. The van der Waals surface area contributed by atoms with Crippen LogP contribution in [-0.4, -0.2) is 61.1 Å². The second kappa shape index (κ2) is 9.12. The lowest BCUT2D eigenvalue weighted by Gasteiger charge is -2.32. The van der Waals surface area contributed by atoms with Crippen LogP contribution >= 0.6 is 11.3 Å². The molecular weight excluding hydrogens is 350 g/mol. The van der Waals surface area contributed by atoms with Gasteiger partial charge in [0.25, 0.3) is 0 Å². The van der Waals surface area contributed by atoms with Crippen molar-refractivity contribution in [1.82, 2.24) is 9.80 Å². The maximum absolute atomic E-state index is 10.8. The average molecular weight is 375 g/mol. The first-order valence-corrected chi connectivity index (χ1v) is 9.82. The lowest BCUT2D eigenvalue weighted by molar-refractivity contribution is -0.380. The molecule has 6 nitrogen and oxygen atoms in total. The van der Waals surface area contributed by atoms with Crippen molar-refractivity contribution in [3.63, 3.8) is 0 Å². The van der Waals surface area contributed by atoms with Crippen molar-refractivity contribution >= 4 is 16.3 Å². The third kappa shape index (κ3) is 5.27. The minimum atomic E-state index is -0.353. The molecule has 7 heteroatoms. The Morgan fingerprint density at radius 3 is 2.46 bits per heavy atom. The normalized spacial score (nSPS) is 15.9. The van der Waals surface area contributed by atoms with Crippen molar-refractivity contribution in [2.45, 2.75) is 12.8 Å². The molecule has 1 aliphatic heterocycles. The van der Waals surface area contributed by atoms with Gasteiger partial charge < -0.3 is 14.5 Å². The van der Waals surface area contributed by atoms with Gasteiger partial charge in [0.2, 0.25) is 0 Å². The molecule has 0 unspecified atom stereocenters. The fourth-order valence-electron chi connectivity index (χ4n) is 3.00. The number of benzene rings is 1. The lowest BCUT2D eigenvalue weighted by atomic mass is 10.2. The van der Waals surface area contributed by atoms with Gasteiger partial charge in [-0.25, -0.2) is 0 Å². The van der Waals surface area contributed by atoms with Gasteiger partial charge in [0.1, 0.15) is 5.75 Å². The van der Waals surface area contributed by atoms with Crippen molar-refractivity contribution in [1.29, 1.82) is 0 Å². The number of nitrogens with zero attached hydrogens (tertiary/aromatic N) is 3. The molecule has 0 radical (unpaired) electrons. The van der Waals surface area contributed by atoms with Crippen LogP contribution in [0, 0.1) is 10.1 Å². The van der Waals surface area contributed by atoms with Crippen molar-refractivity contribution in [2.75, 3.05) is 46.4 Å². The number of thiophene rings is 1. The number of unbranched alkanes of at least 4 members (excludes halogenated alkanes) is 1. The van der Waals surface area contributed by atoms with Gasteiger partial charge in [-0.15, -0.1) is 0 Å². The Bertz CT molecular complexity index is 709. The van der Waals surface area contributed by atoms with E-state index in [1.165, 1.54) is 24.4 Å². The van der Waals surface area contributed by atoms with Crippen LogP contribution in [0.25, 0.3) is 10.4 Å². The minimum absolute atomic E-state index is 0.167. The predicted molar refractivity (Wildman–Crippen MR) is 105 cm³/mol. The second-order valence-corrected chi connectivity index (χ2v) is 7.68. The zero-order valence-electron chi connectivity index (χ0n) is 15.1. The molecule has 1 aromatic carbocycles. The summed E-state index contributed by atoms with van der Waals surface area (Å²) in [6, 6.07) is 11.1. The van der Waals surface area contributed by atoms with Gasteiger partial charge >= 0.3 is 5.00 Å². The molecule has 0 aliphatic carbocycles. The molecule has 0 bridgehead atoms. The number of hydrogen-bond donors (Lipinski definition) is 0. The molecule has 1 aliphatic rings. The van der Waals surface area contributed by atoms with E-state index in [2.05, 4.69) is 16.8 Å². The third-order valence-electron chi connectivity index (χ3n) is 4.64. The molecule has 1 aromatic heterocycles. The molecule has 140 valence electrons. The summed E-state index contributed by atoms with van der Waals surface area (Å²) in [7, 11) is 2.18. The van der Waals surface area contributed by atoms with Crippen LogP contribution in [0.15, 0.2) is 36.4 Å². The number of ether oxygens (including phenoxy) is 1. The second-order valence-electron chi connectivity index (χ2n) is 6.62. The molecule has 2 heterocycles. The van der Waals surface area contributed by atoms with Crippen LogP contribution in [0.1, 0.15) is 12.8 Å². The van der Waals surface area contributed by atoms with Crippen molar-refractivity contribution in [3.05, 3.63) is 46.5 Å². The van der Waals surface area contributed by atoms with Crippen LogP contribution in [0.2, 0.25) is 0 Å². The topological polar surface area (TPSA) is 58.8 Å². The number of nitro groups is 1. The molecule has 0 atom stereocenters. The number of rotatable bonds is 8. The Morgan fingerprint density at radius 1 is 1.08 bits per heavy atom. The van der Waals surface area contributed by atoms with Crippen LogP contribution in [-0.2, 0) is 0 Å². The largest absolute Gasteiger partial charge is 0.494 e. The zero-order valence-corrected chi connectivity index (χ0v) is 15.9. The maximum atomic E-state index is 10.8. The highest BCUT2D eigenvalue weighted by Gasteiger charge is 2.13. The smallest absolute Gasteiger partial charge is 0.324 e. The molecule has 0 N–H and O–H groups in total. The van der Waals surface area contributed by atoms with Gasteiger partial charge in [-0.2, -0.15) is 0 Å². The summed E-state index contributed by atoms with van der Waals surface area (Å²) in [6.07, 6.45) is 2.20. The van der Waals surface area contributed by atoms with Crippen LogP contribution in [0.4, 0.5) is 5.00 Å². The van der Waals surface area contributed by atoms with Gasteiger partial charge in [0, 0.05) is 37.1 Å². The van der Waals surface area contributed by atoms with Crippen LogP contribution < -0.4 is 4.74 Å². The highest BCUT2D eigenvalue weighted by Crippen LogP contribution is 2.33. The first-order valence-electron chi connectivity index (χ1n) is 9.00. The van der Waals surface area contributed by atoms with Gasteiger partial charge in [-0.05, 0) is 62.3 Å². The van der Waals surface area contributed by atoms with Crippen molar-refractivity contribution in [2.24, 2.45) is 0 Å². The van der Waals surface area contributed by atoms with Crippen LogP contribution in [0.3, 0.4) is 0 Å². The average Bonchev–Trinajstić information content (AvgIpc) is 3.14. The van der Waals surface area contributed by atoms with E-state index >= 15 is 0 Å². The van der Waals surface area contributed by atoms with Crippen molar-refractivity contribution < 1.29 is 9.66 Å². The Labute approximate surface area is 158 Å². The summed E-state index contributed by atoms with van der Waals surface area (Å²) in [5.41, 5.74) is 0.977. The van der Waals surface area contributed by atoms with E-state index in [-0.39, 0.29) is 9.92 Å². The minimum Gasteiger partial charge on any atom is -0.494 e. The summed E-state index contributed by atoms with van der Waals surface area (Å²) >= 11 is 1.19. The van der Waals surface area contributed by atoms with E-state index in [0.717, 1.165) is 55.3 Å². The lowest BCUT2D eigenvalue weighted by Crippen LogP contribution is -2.44. The Balaban J connectivity index is 1.38. The third-order valence-corrected chi connectivity index (χ3v) is 5.73. The monoisotopic (exact) mass is 375 g/mol. The van der Waals surface area contributed by atoms with Gasteiger partial charge in [-0.3, -0.25) is 10.1 Å². The summed E-state index contributed by atoms with van der Waals surface area (Å²) in [4.78, 5) is 16.2. The maximum Gasteiger partial charge on any atom is 0.324 e.